The number of aryl methyl sites for hydroxylation is 2. The smallest absolute Gasteiger partial charge is 0.255 e. The van der Waals surface area contributed by atoms with E-state index in [1.165, 1.54) is 0 Å². The lowest BCUT2D eigenvalue weighted by atomic mass is 10.1. The Bertz CT molecular complexity index is 1310. The molecule has 1 amide bonds. The van der Waals surface area contributed by atoms with Gasteiger partial charge in [-0.3, -0.25) is 19.6 Å². The minimum Gasteiger partial charge on any atom is -0.367 e. The molecule has 0 radical (unpaired) electrons. The molecule has 2 aromatic heterocycles. The second-order valence-corrected chi connectivity index (χ2v) is 9.81. The van der Waals surface area contributed by atoms with Crippen LogP contribution in [0.25, 0.3) is 11.1 Å². The third-order valence-corrected chi connectivity index (χ3v) is 7.01. The highest BCUT2D eigenvalue weighted by Gasteiger charge is 2.28. The molecule has 3 aliphatic heterocycles. The predicted octanol–water partition coefficient (Wildman–Crippen LogP) is 4.09. The van der Waals surface area contributed by atoms with Crippen LogP contribution in [0, 0.1) is 6.92 Å². The van der Waals surface area contributed by atoms with Crippen molar-refractivity contribution in [3.05, 3.63) is 83.4 Å². The largest absolute Gasteiger partial charge is 0.367 e. The van der Waals surface area contributed by atoms with Gasteiger partial charge in [-0.1, -0.05) is 19.1 Å². The van der Waals surface area contributed by atoms with E-state index in [1.807, 2.05) is 54.2 Å². The molecule has 7 nitrogen and oxygen atoms in total. The van der Waals surface area contributed by atoms with Gasteiger partial charge in [-0.2, -0.15) is 5.10 Å². The van der Waals surface area contributed by atoms with Crippen molar-refractivity contribution in [1.82, 2.24) is 29.3 Å². The normalized spacial score (nSPS) is 25.0. The second-order valence-electron chi connectivity index (χ2n) is 9.81. The standard InChI is InChI=1S/C28H34N6O/c1-6-25-27-15-26(30-34(27)16-20(4)29-25)22-8-7-9-23-10-11-24(18-33(23)28(35)14-22)31-12-13-32(19(2)3)21(5)17-31/h7-11,14-16,18-19,21H,6,12-13,17H2,1-5H3/b8-7+,22-14+,23-9+/t21-/m1/s1. The van der Waals surface area contributed by atoms with Gasteiger partial charge in [0, 0.05) is 55.3 Å². The third-order valence-electron chi connectivity index (χ3n) is 7.01. The van der Waals surface area contributed by atoms with Crippen LogP contribution in [-0.4, -0.2) is 66.9 Å². The Morgan fingerprint density at radius 1 is 1.14 bits per heavy atom. The van der Waals surface area contributed by atoms with Crippen molar-refractivity contribution in [3.63, 3.8) is 0 Å². The molecule has 0 spiro atoms. The van der Waals surface area contributed by atoms with E-state index in [0.29, 0.717) is 12.1 Å². The van der Waals surface area contributed by atoms with Gasteiger partial charge >= 0.3 is 0 Å². The van der Waals surface area contributed by atoms with Crippen LogP contribution in [0.2, 0.25) is 0 Å². The SMILES string of the molecule is CCc1nc(C)cn2nc(C3=C\C(=O)N4C=C(N5CCN(C(C)C)[C@H](C)C5)C=C\C4=C/C=C/3)cc12. The van der Waals surface area contributed by atoms with Crippen molar-refractivity contribution in [1.29, 1.82) is 0 Å². The van der Waals surface area contributed by atoms with Crippen LogP contribution in [0.1, 0.15) is 44.8 Å². The van der Waals surface area contributed by atoms with Crippen molar-refractivity contribution >= 4 is 17.0 Å². The van der Waals surface area contributed by atoms with Crippen LogP contribution in [0.4, 0.5) is 0 Å². The molecule has 0 N–H and O–H groups in total. The highest BCUT2D eigenvalue weighted by molar-refractivity contribution is 5.99. The summed E-state index contributed by atoms with van der Waals surface area (Å²) in [5.41, 5.74) is 6.41. The zero-order valence-corrected chi connectivity index (χ0v) is 21.3. The van der Waals surface area contributed by atoms with E-state index < -0.39 is 0 Å². The number of fused-ring (bicyclic) bond motifs is 2. The zero-order chi connectivity index (χ0) is 24.7. The minimum absolute atomic E-state index is 0.0756. The average Bonchev–Trinajstić information content (AvgIpc) is 3.25. The first-order valence-electron chi connectivity index (χ1n) is 12.5. The number of carbonyl (C=O) groups excluding carboxylic acids is 1. The van der Waals surface area contributed by atoms with Gasteiger partial charge in [0.05, 0.1) is 34.5 Å². The van der Waals surface area contributed by atoms with Crippen molar-refractivity contribution < 1.29 is 4.79 Å². The molecule has 3 aliphatic rings. The van der Waals surface area contributed by atoms with Crippen LogP contribution >= 0.6 is 0 Å². The summed E-state index contributed by atoms with van der Waals surface area (Å²) in [4.78, 5) is 24.7. The van der Waals surface area contributed by atoms with Crippen LogP contribution in [0.15, 0.2) is 66.3 Å². The van der Waals surface area contributed by atoms with Crippen molar-refractivity contribution in [3.8, 4) is 0 Å². The Balaban J connectivity index is 1.43. The summed E-state index contributed by atoms with van der Waals surface area (Å²) in [6.45, 7) is 13.8. The number of amides is 1. The van der Waals surface area contributed by atoms with Crippen molar-refractivity contribution in [2.24, 2.45) is 0 Å². The van der Waals surface area contributed by atoms with Gasteiger partial charge in [0.15, 0.2) is 0 Å². The number of hydrogen-bond donors (Lipinski definition) is 0. The number of nitrogens with zero attached hydrogens (tertiary/aromatic N) is 6. The molecule has 5 rings (SSSR count). The number of rotatable bonds is 4. The molecule has 7 heteroatoms. The summed E-state index contributed by atoms with van der Waals surface area (Å²) in [7, 11) is 0. The van der Waals surface area contributed by atoms with E-state index in [9.17, 15) is 4.79 Å². The number of carbonyl (C=O) groups is 1. The number of allylic oxidation sites excluding steroid dienone is 6. The van der Waals surface area contributed by atoms with Gasteiger partial charge in [0.25, 0.3) is 5.91 Å². The van der Waals surface area contributed by atoms with Crippen LogP contribution < -0.4 is 0 Å². The van der Waals surface area contributed by atoms with Gasteiger partial charge in [0.1, 0.15) is 0 Å². The predicted molar refractivity (Wildman–Crippen MR) is 139 cm³/mol. The monoisotopic (exact) mass is 470 g/mol. The lowest BCUT2D eigenvalue weighted by Crippen LogP contribution is -2.53. The molecule has 182 valence electrons. The first-order chi connectivity index (χ1) is 16.8. The lowest BCUT2D eigenvalue weighted by Gasteiger charge is -2.44. The Hall–Kier alpha value is -3.45. The number of aromatic nitrogens is 3. The lowest BCUT2D eigenvalue weighted by molar-refractivity contribution is -0.122. The maximum atomic E-state index is 13.4. The van der Waals surface area contributed by atoms with Gasteiger partial charge < -0.3 is 4.90 Å². The van der Waals surface area contributed by atoms with E-state index >= 15 is 0 Å². The van der Waals surface area contributed by atoms with E-state index in [0.717, 1.165) is 65.6 Å². The fourth-order valence-corrected chi connectivity index (χ4v) is 5.23. The van der Waals surface area contributed by atoms with E-state index in [2.05, 4.69) is 48.6 Å². The summed E-state index contributed by atoms with van der Waals surface area (Å²) >= 11 is 0. The van der Waals surface area contributed by atoms with Crippen LogP contribution in [0.3, 0.4) is 0 Å². The Morgan fingerprint density at radius 3 is 2.69 bits per heavy atom. The molecule has 0 aromatic carbocycles. The Kier molecular flexibility index (Phi) is 6.19. The quantitative estimate of drug-likeness (QED) is 0.674. The van der Waals surface area contributed by atoms with Gasteiger partial charge in [-0.25, -0.2) is 4.52 Å². The molecule has 0 aliphatic carbocycles. The molecule has 35 heavy (non-hydrogen) atoms. The third kappa shape index (κ3) is 4.48. The summed E-state index contributed by atoms with van der Waals surface area (Å²) in [5.74, 6) is -0.0756. The summed E-state index contributed by atoms with van der Waals surface area (Å²) in [6.07, 6.45) is 16.5. The maximum Gasteiger partial charge on any atom is 0.255 e. The fourth-order valence-electron chi connectivity index (χ4n) is 5.23. The van der Waals surface area contributed by atoms with Crippen LogP contribution in [0.5, 0.6) is 0 Å². The maximum absolute atomic E-state index is 13.4. The Morgan fingerprint density at radius 2 is 1.94 bits per heavy atom. The van der Waals surface area contributed by atoms with Gasteiger partial charge in [0.2, 0.25) is 0 Å². The number of hydrogen-bond acceptors (Lipinski definition) is 5. The second kappa shape index (κ2) is 9.30. The first kappa shape index (κ1) is 23.3. The highest BCUT2D eigenvalue weighted by atomic mass is 16.2. The van der Waals surface area contributed by atoms with Gasteiger partial charge in [-0.05, 0) is 58.4 Å². The van der Waals surface area contributed by atoms with Crippen LogP contribution in [-0.2, 0) is 11.2 Å². The summed E-state index contributed by atoms with van der Waals surface area (Å²) in [6, 6.07) is 3.03. The van der Waals surface area contributed by atoms with Crippen molar-refractivity contribution in [2.75, 3.05) is 19.6 Å². The molecular formula is C28H34N6O. The van der Waals surface area contributed by atoms with E-state index in [1.54, 1.807) is 11.0 Å². The fraction of sp³-hybridized carbons (Fsp3) is 0.393. The average molecular weight is 471 g/mol. The number of piperazine rings is 1. The molecule has 2 aromatic rings. The topological polar surface area (TPSA) is 57.0 Å². The minimum atomic E-state index is -0.0756. The Labute approximate surface area is 207 Å². The highest BCUT2D eigenvalue weighted by Crippen LogP contribution is 2.27. The van der Waals surface area contributed by atoms with Gasteiger partial charge in [-0.15, -0.1) is 0 Å². The van der Waals surface area contributed by atoms with E-state index in [-0.39, 0.29) is 5.91 Å². The summed E-state index contributed by atoms with van der Waals surface area (Å²) < 4.78 is 1.87. The molecule has 0 saturated carbocycles. The summed E-state index contributed by atoms with van der Waals surface area (Å²) in [5, 5.41) is 4.76. The molecule has 0 bridgehead atoms. The molecule has 1 saturated heterocycles. The molecule has 1 atom stereocenters. The van der Waals surface area contributed by atoms with Crippen molar-refractivity contribution in [2.45, 2.75) is 53.1 Å². The molecule has 5 heterocycles. The molecular weight excluding hydrogens is 436 g/mol. The molecule has 1 fully saturated rings. The van der Waals surface area contributed by atoms with E-state index in [4.69, 9.17) is 5.10 Å². The first-order valence-corrected chi connectivity index (χ1v) is 12.5. The zero-order valence-electron chi connectivity index (χ0n) is 21.3. The molecule has 0 unspecified atom stereocenters.